The van der Waals surface area contributed by atoms with Gasteiger partial charge in [-0.3, -0.25) is 9.59 Å². The number of carbonyl (C=O) groups is 2. The molecule has 130 valence electrons. The van der Waals surface area contributed by atoms with Gasteiger partial charge in [0.05, 0.1) is 5.57 Å². The number of rotatable bonds is 4. The molecule has 0 radical (unpaired) electrons. The maximum atomic E-state index is 12.7. The predicted molar refractivity (Wildman–Crippen MR) is 99.5 cm³/mol. The molecule has 1 aromatic rings. The zero-order chi connectivity index (χ0) is 18.1. The first kappa shape index (κ1) is 17.4. The first-order chi connectivity index (χ1) is 11.9. The van der Waals surface area contributed by atoms with E-state index in [-0.39, 0.29) is 11.6 Å². The third-order valence-corrected chi connectivity index (χ3v) is 4.73. The molecule has 0 aromatic heterocycles. The molecule has 0 N–H and O–H groups in total. The van der Waals surface area contributed by atoms with Crippen molar-refractivity contribution in [2.75, 3.05) is 27.2 Å². The molecule has 1 aliphatic heterocycles. The van der Waals surface area contributed by atoms with Crippen molar-refractivity contribution in [1.29, 1.82) is 0 Å². The molecule has 0 amide bonds. The van der Waals surface area contributed by atoms with Crippen molar-refractivity contribution in [3.63, 3.8) is 0 Å². The van der Waals surface area contributed by atoms with E-state index < -0.39 is 0 Å². The first-order valence-corrected chi connectivity index (χ1v) is 8.61. The van der Waals surface area contributed by atoms with Crippen molar-refractivity contribution in [2.24, 2.45) is 0 Å². The topological polar surface area (TPSA) is 40.6 Å². The van der Waals surface area contributed by atoms with Gasteiger partial charge in [0.15, 0.2) is 11.6 Å². The highest BCUT2D eigenvalue weighted by Gasteiger charge is 2.35. The van der Waals surface area contributed by atoms with Gasteiger partial charge in [-0.05, 0) is 58.6 Å². The summed E-state index contributed by atoms with van der Waals surface area (Å²) in [4.78, 5) is 29.8. The molecule has 0 saturated carbocycles. The van der Waals surface area contributed by atoms with Crippen LogP contribution in [0.25, 0.3) is 0 Å². The van der Waals surface area contributed by atoms with E-state index >= 15 is 0 Å². The summed E-state index contributed by atoms with van der Waals surface area (Å²) >= 11 is 0. The van der Waals surface area contributed by atoms with Crippen molar-refractivity contribution in [3.8, 4) is 0 Å². The van der Waals surface area contributed by atoms with Crippen molar-refractivity contribution in [1.82, 2.24) is 9.80 Å². The Balaban J connectivity index is 1.91. The molecule has 0 fully saturated rings. The summed E-state index contributed by atoms with van der Waals surface area (Å²) in [6.45, 7) is 6.01. The molecule has 0 spiro atoms. The highest BCUT2D eigenvalue weighted by Crippen LogP contribution is 2.32. The van der Waals surface area contributed by atoms with Gasteiger partial charge in [0.25, 0.3) is 0 Å². The second-order valence-corrected chi connectivity index (χ2v) is 6.91. The minimum Gasteiger partial charge on any atom is -0.349 e. The summed E-state index contributed by atoms with van der Waals surface area (Å²) < 4.78 is 0. The van der Waals surface area contributed by atoms with Crippen LogP contribution in [0.4, 0.5) is 0 Å². The molecule has 1 aromatic carbocycles. The third-order valence-electron chi connectivity index (χ3n) is 4.73. The van der Waals surface area contributed by atoms with E-state index in [9.17, 15) is 9.59 Å². The quantitative estimate of drug-likeness (QED) is 0.624. The fraction of sp³-hybridized carbons (Fsp3) is 0.333. The Bertz CT molecular complexity index is 769. The minimum absolute atomic E-state index is 0.162. The van der Waals surface area contributed by atoms with Crippen LogP contribution in [0.5, 0.6) is 0 Å². The summed E-state index contributed by atoms with van der Waals surface area (Å²) in [5.74, 6) is -0.325. The van der Waals surface area contributed by atoms with Gasteiger partial charge in [0.1, 0.15) is 0 Å². The van der Waals surface area contributed by atoms with E-state index in [0.717, 1.165) is 36.5 Å². The zero-order valence-corrected chi connectivity index (χ0v) is 15.3. The van der Waals surface area contributed by atoms with E-state index in [1.165, 1.54) is 0 Å². The lowest BCUT2D eigenvalue weighted by Gasteiger charge is -2.30. The Hall–Kier alpha value is -2.46. The standard InChI is InChI=1S/C21H24N2O2/c1-14-12-16(13-15(2)23(14)11-7-10-22(3)4)19-20(24)17-8-5-6-9-18(17)21(19)25/h5-6,8-9,12-13H,7,10-11H2,1-4H3. The SMILES string of the molecule is CC1=CC(=C2C(=O)c3ccccc3C2=O)C=C(C)N1CCCN(C)C. The third kappa shape index (κ3) is 3.22. The smallest absolute Gasteiger partial charge is 0.198 e. The summed E-state index contributed by atoms with van der Waals surface area (Å²) in [7, 11) is 4.14. The molecule has 4 heteroatoms. The molecule has 0 saturated heterocycles. The monoisotopic (exact) mass is 336 g/mol. The number of fused-ring (bicyclic) bond motifs is 1. The van der Waals surface area contributed by atoms with Crippen LogP contribution in [0.2, 0.25) is 0 Å². The number of carbonyl (C=O) groups excluding carboxylic acids is 2. The lowest BCUT2D eigenvalue weighted by atomic mass is 9.98. The Kier molecular flexibility index (Phi) is 4.73. The molecular weight excluding hydrogens is 312 g/mol. The summed E-state index contributed by atoms with van der Waals surface area (Å²) in [5.41, 5.74) is 4.19. The van der Waals surface area contributed by atoms with Gasteiger partial charge in [-0.25, -0.2) is 0 Å². The van der Waals surface area contributed by atoms with E-state index in [2.05, 4.69) is 23.9 Å². The number of hydrogen-bond donors (Lipinski definition) is 0. The Morgan fingerprint density at radius 2 is 1.44 bits per heavy atom. The number of benzene rings is 1. The predicted octanol–water partition coefficient (Wildman–Crippen LogP) is 3.44. The van der Waals surface area contributed by atoms with Gasteiger partial charge >= 0.3 is 0 Å². The fourth-order valence-corrected chi connectivity index (χ4v) is 3.48. The molecule has 4 nitrogen and oxygen atoms in total. The maximum Gasteiger partial charge on any atom is 0.198 e. The minimum atomic E-state index is -0.162. The lowest BCUT2D eigenvalue weighted by Crippen LogP contribution is -2.26. The fourth-order valence-electron chi connectivity index (χ4n) is 3.48. The summed E-state index contributed by atoms with van der Waals surface area (Å²) in [6, 6.07) is 7.06. The molecule has 0 bridgehead atoms. The van der Waals surface area contributed by atoms with Gasteiger partial charge in [-0.1, -0.05) is 24.3 Å². The molecular formula is C21H24N2O2. The highest BCUT2D eigenvalue weighted by atomic mass is 16.2. The number of allylic oxidation sites excluding steroid dienone is 6. The van der Waals surface area contributed by atoms with E-state index in [0.29, 0.717) is 16.7 Å². The van der Waals surface area contributed by atoms with Crippen LogP contribution in [-0.4, -0.2) is 48.6 Å². The molecule has 0 unspecified atom stereocenters. The van der Waals surface area contributed by atoms with Crippen molar-refractivity contribution in [2.45, 2.75) is 20.3 Å². The van der Waals surface area contributed by atoms with Gasteiger partial charge in [-0.15, -0.1) is 0 Å². The normalized spacial score (nSPS) is 17.2. The second-order valence-electron chi connectivity index (χ2n) is 6.91. The molecule has 1 heterocycles. The van der Waals surface area contributed by atoms with Crippen LogP contribution in [0.1, 0.15) is 41.0 Å². The number of hydrogen-bond acceptors (Lipinski definition) is 4. The van der Waals surface area contributed by atoms with E-state index in [1.54, 1.807) is 24.3 Å². The highest BCUT2D eigenvalue weighted by molar-refractivity contribution is 6.40. The molecule has 2 aliphatic rings. The van der Waals surface area contributed by atoms with Crippen molar-refractivity contribution < 1.29 is 9.59 Å². The Morgan fingerprint density at radius 1 is 0.920 bits per heavy atom. The van der Waals surface area contributed by atoms with Gasteiger partial charge < -0.3 is 9.80 Å². The number of Topliss-reactive ketones (excluding diaryl/α,β-unsaturated/α-hetero) is 2. The van der Waals surface area contributed by atoms with Gasteiger partial charge in [-0.2, -0.15) is 0 Å². The Morgan fingerprint density at radius 3 is 1.92 bits per heavy atom. The molecule has 1 aliphatic carbocycles. The van der Waals surface area contributed by atoms with Crippen LogP contribution >= 0.6 is 0 Å². The summed E-state index contributed by atoms with van der Waals surface area (Å²) in [5, 5.41) is 0. The van der Waals surface area contributed by atoms with Crippen LogP contribution in [0.3, 0.4) is 0 Å². The summed E-state index contributed by atoms with van der Waals surface area (Å²) in [6.07, 6.45) is 4.97. The van der Waals surface area contributed by atoms with Crippen LogP contribution in [0, 0.1) is 0 Å². The van der Waals surface area contributed by atoms with Crippen LogP contribution < -0.4 is 0 Å². The van der Waals surface area contributed by atoms with Crippen molar-refractivity contribution >= 4 is 11.6 Å². The lowest BCUT2D eigenvalue weighted by molar-refractivity contribution is 0.0988. The Labute approximate surface area is 149 Å². The van der Waals surface area contributed by atoms with Gasteiger partial charge in [0.2, 0.25) is 0 Å². The first-order valence-electron chi connectivity index (χ1n) is 8.61. The van der Waals surface area contributed by atoms with E-state index in [1.807, 2.05) is 26.0 Å². The second kappa shape index (κ2) is 6.81. The largest absolute Gasteiger partial charge is 0.349 e. The maximum absolute atomic E-state index is 12.7. The molecule has 3 rings (SSSR count). The van der Waals surface area contributed by atoms with Crippen LogP contribution in [0.15, 0.2) is 59.0 Å². The molecule has 0 atom stereocenters. The van der Waals surface area contributed by atoms with Crippen molar-refractivity contribution in [3.05, 3.63) is 70.1 Å². The van der Waals surface area contributed by atoms with E-state index in [4.69, 9.17) is 0 Å². The van der Waals surface area contributed by atoms with Crippen LogP contribution in [-0.2, 0) is 0 Å². The van der Waals surface area contributed by atoms with Gasteiger partial charge in [0, 0.05) is 29.1 Å². The number of nitrogens with zero attached hydrogens (tertiary/aromatic N) is 2. The average Bonchev–Trinajstić information content (AvgIpc) is 2.81. The number of ketones is 2. The average molecular weight is 336 g/mol. The molecule has 25 heavy (non-hydrogen) atoms. The zero-order valence-electron chi connectivity index (χ0n) is 15.3.